The van der Waals surface area contributed by atoms with Crippen LogP contribution < -0.4 is 5.73 Å². The zero-order valence-electron chi connectivity index (χ0n) is 10.3. The largest absolute Gasteiger partial charge is 0.422 e. The lowest BCUT2D eigenvalue weighted by Crippen LogP contribution is -2.07. The summed E-state index contributed by atoms with van der Waals surface area (Å²) in [5, 5.41) is 4.28. The Labute approximate surface area is 104 Å². The summed E-state index contributed by atoms with van der Waals surface area (Å²) in [5.74, 6) is 0. The number of oxazole rings is 1. The molecule has 5 nitrogen and oxygen atoms in total. The van der Waals surface area contributed by atoms with Gasteiger partial charge in [-0.15, -0.1) is 0 Å². The van der Waals surface area contributed by atoms with Crippen molar-refractivity contribution in [3.63, 3.8) is 0 Å². The average Bonchev–Trinajstić information content (AvgIpc) is 2.91. The lowest BCUT2D eigenvalue weighted by atomic mass is 10.1. The lowest BCUT2D eigenvalue weighted by molar-refractivity contribution is 0.537. The molecule has 18 heavy (non-hydrogen) atoms. The molecular weight excluding hydrogens is 228 g/mol. The molecule has 0 saturated heterocycles. The van der Waals surface area contributed by atoms with Gasteiger partial charge in [0.05, 0.1) is 11.9 Å². The SMILES string of the molecule is Cc1c(C(C)N)cnn1-c1nc2ccccc2o1. The summed E-state index contributed by atoms with van der Waals surface area (Å²) in [5.41, 5.74) is 9.41. The van der Waals surface area contributed by atoms with E-state index in [1.807, 2.05) is 38.1 Å². The second kappa shape index (κ2) is 3.96. The van der Waals surface area contributed by atoms with E-state index >= 15 is 0 Å². The third kappa shape index (κ3) is 1.60. The molecule has 0 radical (unpaired) electrons. The van der Waals surface area contributed by atoms with E-state index in [-0.39, 0.29) is 6.04 Å². The van der Waals surface area contributed by atoms with Gasteiger partial charge in [-0.25, -0.2) is 0 Å². The van der Waals surface area contributed by atoms with Crippen LogP contribution in [0.4, 0.5) is 0 Å². The number of fused-ring (bicyclic) bond motifs is 1. The first kappa shape index (κ1) is 11.0. The standard InChI is InChI=1S/C13H14N4O/c1-8(14)10-7-15-17(9(10)2)13-16-11-5-3-4-6-12(11)18-13/h3-8H,14H2,1-2H3. The van der Waals surface area contributed by atoms with Crippen LogP contribution in [0.15, 0.2) is 34.9 Å². The third-order valence-corrected chi connectivity index (χ3v) is 3.00. The second-order valence-corrected chi connectivity index (χ2v) is 4.35. The average molecular weight is 242 g/mol. The highest BCUT2D eigenvalue weighted by atomic mass is 16.4. The summed E-state index contributed by atoms with van der Waals surface area (Å²) in [6, 6.07) is 8.06. The first-order valence-electron chi connectivity index (χ1n) is 5.83. The molecule has 92 valence electrons. The van der Waals surface area contributed by atoms with E-state index in [0.29, 0.717) is 6.01 Å². The van der Waals surface area contributed by atoms with E-state index in [0.717, 1.165) is 22.4 Å². The van der Waals surface area contributed by atoms with Crippen LogP contribution in [0.25, 0.3) is 17.1 Å². The molecule has 2 N–H and O–H groups in total. The number of aromatic nitrogens is 3. The van der Waals surface area contributed by atoms with Gasteiger partial charge in [-0.1, -0.05) is 12.1 Å². The summed E-state index contributed by atoms with van der Waals surface area (Å²) >= 11 is 0. The predicted molar refractivity (Wildman–Crippen MR) is 68.5 cm³/mol. The highest BCUT2D eigenvalue weighted by molar-refractivity contribution is 5.73. The van der Waals surface area contributed by atoms with E-state index < -0.39 is 0 Å². The molecule has 1 atom stereocenters. The molecule has 0 aliphatic heterocycles. The van der Waals surface area contributed by atoms with Crippen LogP contribution in [0.2, 0.25) is 0 Å². The number of rotatable bonds is 2. The molecule has 3 rings (SSSR count). The van der Waals surface area contributed by atoms with E-state index in [1.165, 1.54) is 0 Å². The number of hydrogen-bond donors (Lipinski definition) is 1. The van der Waals surface area contributed by atoms with Gasteiger partial charge in [-0.2, -0.15) is 14.8 Å². The molecular formula is C13H14N4O. The number of hydrogen-bond acceptors (Lipinski definition) is 4. The summed E-state index contributed by atoms with van der Waals surface area (Å²) in [6.07, 6.45) is 1.76. The van der Waals surface area contributed by atoms with Crippen molar-refractivity contribution < 1.29 is 4.42 Å². The Hall–Kier alpha value is -2.14. The molecule has 1 unspecified atom stereocenters. The van der Waals surface area contributed by atoms with Gasteiger partial charge in [-0.05, 0) is 26.0 Å². The van der Waals surface area contributed by atoms with Gasteiger partial charge >= 0.3 is 6.01 Å². The minimum atomic E-state index is -0.0527. The van der Waals surface area contributed by atoms with Gasteiger partial charge in [0.25, 0.3) is 0 Å². The van der Waals surface area contributed by atoms with E-state index in [9.17, 15) is 0 Å². The molecule has 0 fully saturated rings. The van der Waals surface area contributed by atoms with Crippen LogP contribution in [0.1, 0.15) is 24.2 Å². The summed E-state index contributed by atoms with van der Waals surface area (Å²) < 4.78 is 7.36. The fourth-order valence-electron chi connectivity index (χ4n) is 2.01. The molecule has 2 aromatic heterocycles. The maximum atomic E-state index is 5.88. The quantitative estimate of drug-likeness (QED) is 0.748. The van der Waals surface area contributed by atoms with E-state index in [4.69, 9.17) is 10.2 Å². The van der Waals surface area contributed by atoms with Gasteiger partial charge in [0, 0.05) is 11.6 Å². The minimum absolute atomic E-state index is 0.0527. The van der Waals surface area contributed by atoms with Gasteiger partial charge in [0.1, 0.15) is 5.52 Å². The third-order valence-electron chi connectivity index (χ3n) is 3.00. The maximum absolute atomic E-state index is 5.88. The van der Waals surface area contributed by atoms with Gasteiger partial charge in [-0.3, -0.25) is 0 Å². The zero-order chi connectivity index (χ0) is 12.7. The Balaban J connectivity index is 2.14. The molecule has 0 aliphatic carbocycles. The summed E-state index contributed by atoms with van der Waals surface area (Å²) in [7, 11) is 0. The number of nitrogens with zero attached hydrogens (tertiary/aromatic N) is 3. The maximum Gasteiger partial charge on any atom is 0.324 e. The van der Waals surface area contributed by atoms with Crippen molar-refractivity contribution >= 4 is 11.1 Å². The van der Waals surface area contributed by atoms with Crippen molar-refractivity contribution in [1.29, 1.82) is 0 Å². The number of para-hydroxylation sites is 2. The predicted octanol–water partition coefficient (Wildman–Crippen LogP) is 2.34. The first-order chi connectivity index (χ1) is 8.66. The van der Waals surface area contributed by atoms with Gasteiger partial charge in [0.2, 0.25) is 0 Å². The van der Waals surface area contributed by atoms with Crippen LogP contribution in [-0.4, -0.2) is 14.8 Å². The number of benzene rings is 1. The first-order valence-corrected chi connectivity index (χ1v) is 5.83. The minimum Gasteiger partial charge on any atom is -0.422 e. The van der Waals surface area contributed by atoms with Gasteiger partial charge < -0.3 is 10.2 Å². The summed E-state index contributed by atoms with van der Waals surface area (Å²) in [4.78, 5) is 4.41. The molecule has 5 heteroatoms. The Morgan fingerprint density at radius 3 is 2.78 bits per heavy atom. The topological polar surface area (TPSA) is 69.9 Å². The zero-order valence-corrected chi connectivity index (χ0v) is 10.3. The molecule has 3 aromatic rings. The van der Waals surface area contributed by atoms with Crippen molar-refractivity contribution in [2.75, 3.05) is 0 Å². The molecule has 1 aromatic carbocycles. The fourth-order valence-corrected chi connectivity index (χ4v) is 2.01. The normalized spacial score (nSPS) is 13.1. The van der Waals surface area contributed by atoms with Gasteiger partial charge in [0.15, 0.2) is 5.58 Å². The highest BCUT2D eigenvalue weighted by Gasteiger charge is 2.15. The van der Waals surface area contributed by atoms with Crippen LogP contribution in [-0.2, 0) is 0 Å². The van der Waals surface area contributed by atoms with Crippen LogP contribution in [0.3, 0.4) is 0 Å². The molecule has 0 spiro atoms. The Bertz CT molecular complexity index is 663. The van der Waals surface area contributed by atoms with Crippen molar-refractivity contribution in [1.82, 2.24) is 14.8 Å². The Kier molecular flexibility index (Phi) is 2.41. The highest BCUT2D eigenvalue weighted by Crippen LogP contribution is 2.21. The van der Waals surface area contributed by atoms with Crippen molar-refractivity contribution in [2.24, 2.45) is 5.73 Å². The molecule has 2 heterocycles. The van der Waals surface area contributed by atoms with E-state index in [2.05, 4.69) is 10.1 Å². The van der Waals surface area contributed by atoms with Crippen molar-refractivity contribution in [3.05, 3.63) is 41.7 Å². The van der Waals surface area contributed by atoms with Crippen LogP contribution >= 0.6 is 0 Å². The van der Waals surface area contributed by atoms with E-state index in [1.54, 1.807) is 10.9 Å². The summed E-state index contributed by atoms with van der Waals surface area (Å²) in [6.45, 7) is 3.89. The molecule has 0 saturated carbocycles. The van der Waals surface area contributed by atoms with Crippen LogP contribution in [0, 0.1) is 6.92 Å². The lowest BCUT2D eigenvalue weighted by Gasteiger charge is -2.03. The van der Waals surface area contributed by atoms with Crippen molar-refractivity contribution in [3.8, 4) is 6.01 Å². The fraction of sp³-hybridized carbons (Fsp3) is 0.231. The molecule has 0 amide bonds. The smallest absolute Gasteiger partial charge is 0.324 e. The Morgan fingerprint density at radius 2 is 2.11 bits per heavy atom. The van der Waals surface area contributed by atoms with Crippen LogP contribution in [0.5, 0.6) is 0 Å². The monoisotopic (exact) mass is 242 g/mol. The molecule has 0 bridgehead atoms. The number of nitrogens with two attached hydrogens (primary N) is 1. The molecule has 0 aliphatic rings. The van der Waals surface area contributed by atoms with Crippen molar-refractivity contribution in [2.45, 2.75) is 19.9 Å². The Morgan fingerprint density at radius 1 is 1.33 bits per heavy atom. The second-order valence-electron chi connectivity index (χ2n) is 4.35.